The second-order valence-corrected chi connectivity index (χ2v) is 7.58. The molecule has 0 aliphatic rings. The Kier molecular flexibility index (Phi) is 7.41. The molecule has 0 saturated heterocycles. The lowest BCUT2D eigenvalue weighted by Crippen LogP contribution is -2.23. The molecule has 1 N–H and O–H groups in total. The molecule has 0 aliphatic heterocycles. The Hall–Kier alpha value is -2.93. The normalized spacial score (nSPS) is 11.2. The van der Waals surface area contributed by atoms with Crippen molar-refractivity contribution >= 4 is 17.7 Å². The summed E-state index contributed by atoms with van der Waals surface area (Å²) in [6, 6.07) is 21.6. The van der Waals surface area contributed by atoms with Crippen LogP contribution in [0.2, 0.25) is 0 Å². The van der Waals surface area contributed by atoms with Crippen molar-refractivity contribution in [1.29, 1.82) is 0 Å². The van der Waals surface area contributed by atoms with Crippen molar-refractivity contribution in [1.82, 2.24) is 5.32 Å². The van der Waals surface area contributed by atoms with Crippen LogP contribution in [0.15, 0.2) is 83.8 Å². The predicted molar refractivity (Wildman–Crippen MR) is 112 cm³/mol. The number of benzene rings is 3. The van der Waals surface area contributed by atoms with Gasteiger partial charge in [-0.05, 0) is 54.1 Å². The minimum absolute atomic E-state index is 0.0116. The molecule has 0 heterocycles. The Morgan fingerprint density at radius 2 is 1.67 bits per heavy atom. The maximum absolute atomic E-state index is 12.8. The van der Waals surface area contributed by atoms with Gasteiger partial charge in [0.15, 0.2) is 0 Å². The zero-order valence-corrected chi connectivity index (χ0v) is 16.8. The molecule has 0 fully saturated rings. The summed E-state index contributed by atoms with van der Waals surface area (Å²) in [7, 11) is 0. The summed E-state index contributed by atoms with van der Waals surface area (Å²) in [4.78, 5) is 13.4. The molecule has 0 aromatic heterocycles. The van der Waals surface area contributed by atoms with E-state index in [2.05, 4.69) is 5.32 Å². The third kappa shape index (κ3) is 6.56. The molecule has 0 spiro atoms. The van der Waals surface area contributed by atoms with E-state index in [1.54, 1.807) is 42.1 Å². The number of halogens is 3. The van der Waals surface area contributed by atoms with Crippen molar-refractivity contribution in [3.63, 3.8) is 0 Å². The Bertz CT molecular complexity index is 960. The summed E-state index contributed by atoms with van der Waals surface area (Å²) >= 11 is 1.70. The van der Waals surface area contributed by atoms with Crippen LogP contribution in [0.4, 0.5) is 13.2 Å². The molecular weight excluding hydrogens is 411 g/mol. The Balaban J connectivity index is 1.45. The van der Waals surface area contributed by atoms with Crippen LogP contribution in [0.25, 0.3) is 0 Å². The second kappa shape index (κ2) is 10.2. The van der Waals surface area contributed by atoms with Gasteiger partial charge in [-0.3, -0.25) is 4.79 Å². The first kappa shape index (κ1) is 21.8. The number of ether oxygens (including phenoxy) is 1. The topological polar surface area (TPSA) is 38.3 Å². The van der Waals surface area contributed by atoms with Crippen LogP contribution in [0.3, 0.4) is 0 Å². The summed E-state index contributed by atoms with van der Waals surface area (Å²) in [6.07, 6.45) is -4.41. The van der Waals surface area contributed by atoms with Crippen LogP contribution in [0.1, 0.15) is 21.5 Å². The van der Waals surface area contributed by atoms with Crippen LogP contribution in [-0.2, 0) is 12.7 Å². The minimum atomic E-state index is -4.41. The van der Waals surface area contributed by atoms with Gasteiger partial charge in [-0.2, -0.15) is 13.2 Å². The third-order valence-electron chi connectivity index (χ3n) is 4.19. The summed E-state index contributed by atoms with van der Waals surface area (Å²) < 4.78 is 44.0. The molecule has 3 aromatic rings. The number of nitrogens with one attached hydrogen (secondary N) is 1. The Morgan fingerprint density at radius 1 is 0.933 bits per heavy atom. The highest BCUT2D eigenvalue weighted by molar-refractivity contribution is 7.99. The number of amides is 1. The van der Waals surface area contributed by atoms with E-state index in [1.807, 2.05) is 30.3 Å². The molecule has 1 amide bonds. The van der Waals surface area contributed by atoms with Gasteiger partial charge in [0.05, 0.1) is 12.2 Å². The number of carbonyl (C=O) groups is 1. The van der Waals surface area contributed by atoms with Crippen molar-refractivity contribution in [2.24, 2.45) is 0 Å². The molecule has 0 atom stereocenters. The molecule has 3 aromatic carbocycles. The van der Waals surface area contributed by atoms with Gasteiger partial charge in [-0.15, -0.1) is 11.8 Å². The lowest BCUT2D eigenvalue weighted by molar-refractivity contribution is -0.137. The van der Waals surface area contributed by atoms with E-state index < -0.39 is 11.7 Å². The van der Waals surface area contributed by atoms with Crippen molar-refractivity contribution in [3.8, 4) is 5.75 Å². The average Bonchev–Trinajstić information content (AvgIpc) is 2.76. The average molecular weight is 431 g/mol. The van der Waals surface area contributed by atoms with Crippen molar-refractivity contribution in [2.75, 3.05) is 12.4 Å². The van der Waals surface area contributed by atoms with Gasteiger partial charge in [0.1, 0.15) is 5.75 Å². The molecule has 156 valence electrons. The van der Waals surface area contributed by atoms with E-state index in [0.717, 1.165) is 17.9 Å². The van der Waals surface area contributed by atoms with Gasteiger partial charge in [-0.25, -0.2) is 0 Å². The maximum Gasteiger partial charge on any atom is 0.416 e. The summed E-state index contributed by atoms with van der Waals surface area (Å²) in [5.41, 5.74) is 0.0585. The monoisotopic (exact) mass is 431 g/mol. The van der Waals surface area contributed by atoms with Crippen LogP contribution >= 0.6 is 11.8 Å². The molecule has 0 aliphatic carbocycles. The van der Waals surface area contributed by atoms with Crippen LogP contribution in [0, 0.1) is 0 Å². The van der Waals surface area contributed by atoms with Gasteiger partial charge in [0.25, 0.3) is 5.91 Å². The van der Waals surface area contributed by atoms with Crippen molar-refractivity contribution in [3.05, 3.63) is 95.6 Å². The van der Waals surface area contributed by atoms with Crippen LogP contribution in [0.5, 0.6) is 5.75 Å². The molecule has 3 nitrogen and oxygen atoms in total. The van der Waals surface area contributed by atoms with E-state index in [0.29, 0.717) is 23.5 Å². The molecule has 0 radical (unpaired) electrons. The summed E-state index contributed by atoms with van der Waals surface area (Å²) in [5.74, 6) is 1.08. The molecular formula is C23H20F3NO2S. The lowest BCUT2D eigenvalue weighted by atomic mass is 10.1. The van der Waals surface area contributed by atoms with Gasteiger partial charge < -0.3 is 10.1 Å². The van der Waals surface area contributed by atoms with Crippen molar-refractivity contribution < 1.29 is 22.7 Å². The quantitative estimate of drug-likeness (QED) is 0.362. The largest absolute Gasteiger partial charge is 0.493 e. The van der Waals surface area contributed by atoms with Gasteiger partial charge in [-0.1, -0.05) is 30.3 Å². The number of carbonyl (C=O) groups excluding carboxylic acids is 1. The Labute approximate surface area is 177 Å². The smallest absolute Gasteiger partial charge is 0.416 e. The standard InChI is InChI=1S/C23H20F3NO2S/c24-23(25,26)19-6-4-5-17(15-19)16-27-22(28)18-9-11-20(12-10-18)29-13-14-30-21-7-2-1-3-8-21/h1-12,15H,13-14,16H2,(H,27,28). The van der Waals surface area contributed by atoms with Crippen LogP contribution in [-0.4, -0.2) is 18.3 Å². The maximum atomic E-state index is 12.8. The fourth-order valence-electron chi connectivity index (χ4n) is 2.68. The Morgan fingerprint density at radius 3 is 2.37 bits per heavy atom. The fraction of sp³-hybridized carbons (Fsp3) is 0.174. The first-order valence-corrected chi connectivity index (χ1v) is 10.3. The molecule has 0 unspecified atom stereocenters. The van der Waals surface area contributed by atoms with Gasteiger partial charge in [0.2, 0.25) is 0 Å². The third-order valence-corrected chi connectivity index (χ3v) is 5.16. The molecule has 0 bridgehead atoms. The number of hydrogen-bond acceptors (Lipinski definition) is 3. The molecule has 0 saturated carbocycles. The predicted octanol–water partition coefficient (Wildman–Crippen LogP) is 5.81. The zero-order chi connectivity index (χ0) is 21.4. The summed E-state index contributed by atoms with van der Waals surface area (Å²) in [6.45, 7) is 0.540. The highest BCUT2D eigenvalue weighted by Gasteiger charge is 2.30. The zero-order valence-electron chi connectivity index (χ0n) is 16.0. The fourth-order valence-corrected chi connectivity index (χ4v) is 3.43. The van der Waals surface area contributed by atoms with Gasteiger partial charge >= 0.3 is 6.18 Å². The number of hydrogen-bond donors (Lipinski definition) is 1. The van der Waals surface area contributed by atoms with E-state index in [4.69, 9.17) is 4.74 Å². The number of alkyl halides is 3. The summed E-state index contributed by atoms with van der Waals surface area (Å²) in [5, 5.41) is 2.63. The number of rotatable bonds is 8. The molecule has 30 heavy (non-hydrogen) atoms. The lowest BCUT2D eigenvalue weighted by Gasteiger charge is -2.10. The highest BCUT2D eigenvalue weighted by atomic mass is 32.2. The first-order chi connectivity index (χ1) is 14.4. The van der Waals surface area contributed by atoms with E-state index in [1.165, 1.54) is 11.0 Å². The van der Waals surface area contributed by atoms with Gasteiger partial charge in [0, 0.05) is 22.8 Å². The first-order valence-electron chi connectivity index (χ1n) is 9.27. The second-order valence-electron chi connectivity index (χ2n) is 6.42. The van der Waals surface area contributed by atoms with Crippen LogP contribution < -0.4 is 10.1 Å². The highest BCUT2D eigenvalue weighted by Crippen LogP contribution is 2.29. The SMILES string of the molecule is O=C(NCc1cccc(C(F)(F)F)c1)c1ccc(OCCSc2ccccc2)cc1. The van der Waals surface area contributed by atoms with Crippen molar-refractivity contribution in [2.45, 2.75) is 17.6 Å². The minimum Gasteiger partial charge on any atom is -0.493 e. The number of thioether (sulfide) groups is 1. The van der Waals surface area contributed by atoms with E-state index in [-0.39, 0.29) is 12.5 Å². The van der Waals surface area contributed by atoms with E-state index >= 15 is 0 Å². The molecule has 7 heteroatoms. The van der Waals surface area contributed by atoms with E-state index in [9.17, 15) is 18.0 Å². The molecule has 3 rings (SSSR count).